The molecule has 0 unspecified atom stereocenters. The molecule has 0 bridgehead atoms. The van der Waals surface area contributed by atoms with Crippen molar-refractivity contribution in [2.24, 2.45) is 0 Å². The summed E-state index contributed by atoms with van der Waals surface area (Å²) < 4.78 is 10.6. The molecule has 0 radical (unpaired) electrons. The normalized spacial score (nSPS) is 10.1. The van der Waals surface area contributed by atoms with Crippen molar-refractivity contribution in [3.63, 3.8) is 0 Å². The molecule has 1 N–H and O–H groups in total. The number of benzene rings is 1. The van der Waals surface area contributed by atoms with Gasteiger partial charge in [0.1, 0.15) is 11.5 Å². The highest BCUT2D eigenvalue weighted by molar-refractivity contribution is 5.77. The molecule has 0 atom stereocenters. The predicted molar refractivity (Wildman–Crippen MR) is 88.6 cm³/mol. The van der Waals surface area contributed by atoms with Gasteiger partial charge in [0.2, 0.25) is 11.8 Å². The fraction of sp³-hybridized carbons (Fsp3) is 0.529. The van der Waals surface area contributed by atoms with Crippen LogP contribution in [0.5, 0.6) is 11.5 Å². The van der Waals surface area contributed by atoms with Gasteiger partial charge in [-0.1, -0.05) is 13.8 Å². The molecule has 2 amide bonds. The molecule has 0 saturated heterocycles. The molecule has 0 heterocycles. The molecule has 0 saturated carbocycles. The molecular formula is C17H26N2O4. The van der Waals surface area contributed by atoms with Gasteiger partial charge < -0.3 is 19.7 Å². The van der Waals surface area contributed by atoms with E-state index in [1.54, 1.807) is 32.1 Å². The molecule has 0 aliphatic rings. The van der Waals surface area contributed by atoms with Crippen molar-refractivity contribution in [1.82, 2.24) is 10.2 Å². The van der Waals surface area contributed by atoms with E-state index in [9.17, 15) is 9.59 Å². The average Bonchev–Trinajstić information content (AvgIpc) is 2.59. The zero-order valence-electron chi connectivity index (χ0n) is 14.3. The second-order valence-corrected chi connectivity index (χ2v) is 5.05. The van der Waals surface area contributed by atoms with E-state index in [0.717, 1.165) is 5.56 Å². The predicted octanol–water partition coefficient (Wildman–Crippen LogP) is 1.97. The number of ether oxygens (including phenoxy) is 2. The lowest BCUT2D eigenvalue weighted by molar-refractivity contribution is -0.132. The third-order valence-corrected chi connectivity index (χ3v) is 3.54. The monoisotopic (exact) mass is 322 g/mol. The van der Waals surface area contributed by atoms with Gasteiger partial charge in [0.05, 0.1) is 14.2 Å². The lowest BCUT2D eigenvalue weighted by atomic mass is 10.1. The zero-order valence-corrected chi connectivity index (χ0v) is 14.3. The summed E-state index contributed by atoms with van der Waals surface area (Å²) in [6.45, 7) is 4.96. The molecule has 1 rings (SSSR count). The highest BCUT2D eigenvalue weighted by Gasteiger charge is 2.15. The van der Waals surface area contributed by atoms with Gasteiger partial charge >= 0.3 is 0 Å². The minimum atomic E-state index is -0.0177. The Hall–Kier alpha value is -2.24. The molecular weight excluding hydrogens is 296 g/mol. The first-order valence-electron chi connectivity index (χ1n) is 7.81. The summed E-state index contributed by atoms with van der Waals surface area (Å²) in [6.07, 6.45) is 0.855. The molecule has 1 aromatic rings. The van der Waals surface area contributed by atoms with Crippen molar-refractivity contribution in [2.45, 2.75) is 33.2 Å². The molecule has 23 heavy (non-hydrogen) atoms. The van der Waals surface area contributed by atoms with E-state index >= 15 is 0 Å². The molecule has 0 aromatic heterocycles. The highest BCUT2D eigenvalue weighted by Crippen LogP contribution is 2.25. The molecule has 0 aliphatic carbocycles. The van der Waals surface area contributed by atoms with E-state index in [-0.39, 0.29) is 11.8 Å². The standard InChI is InChI=1S/C17H26N2O4/c1-5-16(20)18-9-10-19(17(21)6-2)12-13-7-8-14(22-3)11-15(13)23-4/h7-8,11H,5-6,9-10,12H2,1-4H3,(H,18,20). The van der Waals surface area contributed by atoms with Gasteiger partial charge in [0.25, 0.3) is 0 Å². The summed E-state index contributed by atoms with van der Waals surface area (Å²) in [6, 6.07) is 5.52. The Kier molecular flexibility index (Phi) is 7.94. The number of nitrogens with zero attached hydrogens (tertiary/aromatic N) is 1. The van der Waals surface area contributed by atoms with Gasteiger partial charge in [0.15, 0.2) is 0 Å². The van der Waals surface area contributed by atoms with Crippen LogP contribution in [0.1, 0.15) is 32.3 Å². The average molecular weight is 322 g/mol. The fourth-order valence-electron chi connectivity index (χ4n) is 2.16. The number of amides is 2. The lowest BCUT2D eigenvalue weighted by Crippen LogP contribution is -2.37. The third-order valence-electron chi connectivity index (χ3n) is 3.54. The van der Waals surface area contributed by atoms with E-state index in [1.165, 1.54) is 0 Å². The van der Waals surface area contributed by atoms with Crippen molar-refractivity contribution in [1.29, 1.82) is 0 Å². The second-order valence-electron chi connectivity index (χ2n) is 5.05. The van der Waals surface area contributed by atoms with Crippen LogP contribution in [0.25, 0.3) is 0 Å². The van der Waals surface area contributed by atoms with Gasteiger partial charge in [-0.15, -0.1) is 0 Å². The fourth-order valence-corrected chi connectivity index (χ4v) is 2.16. The Morgan fingerprint density at radius 1 is 1.13 bits per heavy atom. The van der Waals surface area contributed by atoms with Crippen LogP contribution in [-0.4, -0.2) is 44.0 Å². The van der Waals surface area contributed by atoms with Gasteiger partial charge in [0, 0.05) is 44.1 Å². The molecule has 0 fully saturated rings. The Labute approximate surface area is 137 Å². The molecule has 0 aliphatic heterocycles. The number of carbonyl (C=O) groups is 2. The van der Waals surface area contributed by atoms with E-state index in [4.69, 9.17) is 9.47 Å². The van der Waals surface area contributed by atoms with Crippen molar-refractivity contribution >= 4 is 11.8 Å². The number of hydrogen-bond acceptors (Lipinski definition) is 4. The summed E-state index contributed by atoms with van der Waals surface area (Å²) in [4.78, 5) is 25.2. The van der Waals surface area contributed by atoms with E-state index in [0.29, 0.717) is 44.0 Å². The van der Waals surface area contributed by atoms with Crippen LogP contribution in [0.4, 0.5) is 0 Å². The summed E-state index contributed by atoms with van der Waals surface area (Å²) in [5, 5.41) is 2.79. The first-order valence-corrected chi connectivity index (χ1v) is 7.81. The SMILES string of the molecule is CCC(=O)NCCN(Cc1ccc(OC)cc1OC)C(=O)CC. The third kappa shape index (κ3) is 5.81. The summed E-state index contributed by atoms with van der Waals surface area (Å²) in [5.74, 6) is 1.40. The van der Waals surface area contributed by atoms with Crippen LogP contribution >= 0.6 is 0 Å². The number of hydrogen-bond donors (Lipinski definition) is 1. The first kappa shape index (κ1) is 18.8. The minimum Gasteiger partial charge on any atom is -0.497 e. The van der Waals surface area contributed by atoms with Gasteiger partial charge in [-0.2, -0.15) is 0 Å². The summed E-state index contributed by atoms with van der Waals surface area (Å²) >= 11 is 0. The maximum Gasteiger partial charge on any atom is 0.222 e. The van der Waals surface area contributed by atoms with Crippen LogP contribution in [0.15, 0.2) is 18.2 Å². The molecule has 6 nitrogen and oxygen atoms in total. The summed E-state index contributed by atoms with van der Waals surface area (Å²) in [5.41, 5.74) is 0.900. The van der Waals surface area contributed by atoms with Crippen LogP contribution in [0.3, 0.4) is 0 Å². The van der Waals surface area contributed by atoms with Gasteiger partial charge in [-0.3, -0.25) is 9.59 Å². The lowest BCUT2D eigenvalue weighted by Gasteiger charge is -2.23. The molecule has 0 spiro atoms. The Bertz CT molecular complexity index is 531. The number of rotatable bonds is 9. The topological polar surface area (TPSA) is 67.9 Å². The van der Waals surface area contributed by atoms with E-state index < -0.39 is 0 Å². The Balaban J connectivity index is 2.80. The quantitative estimate of drug-likeness (QED) is 0.755. The van der Waals surface area contributed by atoms with Crippen LogP contribution < -0.4 is 14.8 Å². The Morgan fingerprint density at radius 3 is 2.43 bits per heavy atom. The van der Waals surface area contributed by atoms with Crippen molar-refractivity contribution in [3.8, 4) is 11.5 Å². The van der Waals surface area contributed by atoms with Gasteiger partial charge in [-0.05, 0) is 12.1 Å². The second kappa shape index (κ2) is 9.71. The van der Waals surface area contributed by atoms with E-state index in [2.05, 4.69) is 5.32 Å². The van der Waals surface area contributed by atoms with E-state index in [1.807, 2.05) is 19.1 Å². The molecule has 1 aromatic carbocycles. The minimum absolute atomic E-state index is 0.0177. The summed E-state index contributed by atoms with van der Waals surface area (Å²) in [7, 11) is 3.18. The number of methoxy groups -OCH3 is 2. The maximum absolute atomic E-state index is 12.1. The maximum atomic E-state index is 12.1. The first-order chi connectivity index (χ1) is 11.0. The Morgan fingerprint density at radius 2 is 1.87 bits per heavy atom. The number of carbonyl (C=O) groups excluding carboxylic acids is 2. The van der Waals surface area contributed by atoms with Crippen molar-refractivity contribution in [2.75, 3.05) is 27.3 Å². The zero-order chi connectivity index (χ0) is 17.2. The van der Waals surface area contributed by atoms with Crippen LogP contribution in [0.2, 0.25) is 0 Å². The molecule has 6 heteroatoms. The van der Waals surface area contributed by atoms with Crippen molar-refractivity contribution in [3.05, 3.63) is 23.8 Å². The smallest absolute Gasteiger partial charge is 0.222 e. The molecule has 128 valence electrons. The largest absolute Gasteiger partial charge is 0.497 e. The number of nitrogens with one attached hydrogen (secondary N) is 1. The van der Waals surface area contributed by atoms with Crippen LogP contribution in [0, 0.1) is 0 Å². The van der Waals surface area contributed by atoms with Gasteiger partial charge in [-0.25, -0.2) is 0 Å². The highest BCUT2D eigenvalue weighted by atomic mass is 16.5. The van der Waals surface area contributed by atoms with Crippen LogP contribution in [-0.2, 0) is 16.1 Å². The van der Waals surface area contributed by atoms with Crippen molar-refractivity contribution < 1.29 is 19.1 Å².